The first-order chi connectivity index (χ1) is 16.0. The van der Waals surface area contributed by atoms with Gasteiger partial charge in [0.15, 0.2) is 5.58 Å². The minimum Gasteiger partial charge on any atom is -0.436 e. The minimum atomic E-state index is -0.963. The summed E-state index contributed by atoms with van der Waals surface area (Å²) in [4.78, 5) is 18.5. The average molecular weight is 454 g/mol. The van der Waals surface area contributed by atoms with Crippen LogP contribution in [0.3, 0.4) is 0 Å². The molecule has 2 heterocycles. The summed E-state index contributed by atoms with van der Waals surface area (Å²) in [6, 6.07) is 12.0. The van der Waals surface area contributed by atoms with E-state index in [2.05, 4.69) is 10.3 Å². The highest BCUT2D eigenvalue weighted by Gasteiger charge is 2.33. The Hall–Kier alpha value is -2.81. The number of aliphatic hydroxyl groups excluding tert-OH is 1. The number of aromatic nitrogens is 1. The van der Waals surface area contributed by atoms with E-state index in [1.807, 2.05) is 30.1 Å². The number of rotatable bonds is 6. The van der Waals surface area contributed by atoms with Gasteiger partial charge in [-0.05, 0) is 69.0 Å². The van der Waals surface area contributed by atoms with E-state index in [1.165, 1.54) is 6.07 Å². The summed E-state index contributed by atoms with van der Waals surface area (Å²) in [5.41, 5.74) is 1.97. The molecule has 1 amide bonds. The maximum atomic E-state index is 14.9. The SMILES string of the molecule is CN(C(O)c1ccc(-c2nc3ccccc3o2)c(F)c1)[C@@H]1CC[C@H](NC(=O)[C@@H]2CCCO2)C1. The molecular formula is C25H28FN3O4. The van der Waals surface area contributed by atoms with Gasteiger partial charge in [-0.15, -0.1) is 0 Å². The first-order valence-corrected chi connectivity index (χ1v) is 11.5. The smallest absolute Gasteiger partial charge is 0.249 e. The predicted molar refractivity (Wildman–Crippen MR) is 121 cm³/mol. The van der Waals surface area contributed by atoms with Gasteiger partial charge < -0.3 is 19.6 Å². The molecule has 7 nitrogen and oxygen atoms in total. The third kappa shape index (κ3) is 4.51. The summed E-state index contributed by atoms with van der Waals surface area (Å²) in [5, 5.41) is 14.0. The van der Waals surface area contributed by atoms with Gasteiger partial charge in [-0.1, -0.05) is 18.2 Å². The summed E-state index contributed by atoms with van der Waals surface area (Å²) in [7, 11) is 1.83. The van der Waals surface area contributed by atoms with E-state index in [9.17, 15) is 14.3 Å². The lowest BCUT2D eigenvalue weighted by atomic mass is 10.1. The fourth-order valence-corrected chi connectivity index (χ4v) is 4.82. The second-order valence-electron chi connectivity index (χ2n) is 8.94. The minimum absolute atomic E-state index is 0.0433. The number of halogens is 1. The lowest BCUT2D eigenvalue weighted by Crippen LogP contribution is -2.41. The number of benzene rings is 2. The summed E-state index contributed by atoms with van der Waals surface area (Å²) in [5.74, 6) is -0.332. The van der Waals surface area contributed by atoms with E-state index in [1.54, 1.807) is 18.2 Å². The molecule has 1 aromatic heterocycles. The van der Waals surface area contributed by atoms with Gasteiger partial charge in [-0.3, -0.25) is 9.69 Å². The Morgan fingerprint density at radius 2 is 2.09 bits per heavy atom. The van der Waals surface area contributed by atoms with Crippen molar-refractivity contribution < 1.29 is 23.4 Å². The van der Waals surface area contributed by atoms with E-state index >= 15 is 0 Å². The summed E-state index contributed by atoms with van der Waals surface area (Å²) < 4.78 is 26.1. The van der Waals surface area contributed by atoms with E-state index in [-0.39, 0.29) is 35.5 Å². The van der Waals surface area contributed by atoms with Gasteiger partial charge in [0.05, 0.1) is 5.56 Å². The number of carbonyl (C=O) groups excluding carboxylic acids is 1. The van der Waals surface area contributed by atoms with Crippen LogP contribution in [-0.4, -0.2) is 52.7 Å². The highest BCUT2D eigenvalue weighted by Crippen LogP contribution is 2.32. The molecule has 1 unspecified atom stereocenters. The van der Waals surface area contributed by atoms with Gasteiger partial charge in [-0.2, -0.15) is 0 Å². The number of para-hydroxylation sites is 2. The highest BCUT2D eigenvalue weighted by molar-refractivity contribution is 5.81. The van der Waals surface area contributed by atoms with Crippen molar-refractivity contribution in [3.8, 4) is 11.5 Å². The Morgan fingerprint density at radius 1 is 1.24 bits per heavy atom. The number of fused-ring (bicyclic) bond motifs is 1. The highest BCUT2D eigenvalue weighted by atomic mass is 19.1. The number of amides is 1. The van der Waals surface area contributed by atoms with Gasteiger partial charge in [0, 0.05) is 18.7 Å². The molecular weight excluding hydrogens is 425 g/mol. The number of aliphatic hydroxyl groups is 1. The zero-order valence-electron chi connectivity index (χ0n) is 18.5. The largest absolute Gasteiger partial charge is 0.436 e. The monoisotopic (exact) mass is 453 g/mol. The quantitative estimate of drug-likeness (QED) is 0.553. The molecule has 1 aliphatic heterocycles. The Morgan fingerprint density at radius 3 is 2.85 bits per heavy atom. The summed E-state index contributed by atoms with van der Waals surface area (Å²) in [6.45, 7) is 0.641. The standard InChI is InChI=1S/C25H28FN3O4/c1-29(17-10-9-16(14-17)27-23(30)22-7-4-12-32-22)25(31)15-8-11-18(19(26)13-15)24-28-20-5-2-3-6-21(20)33-24/h2-3,5-6,8,11,13,16-17,22,25,31H,4,7,9-10,12,14H2,1H3,(H,27,30)/t16-,17+,22-,25?/m0/s1. The molecule has 1 saturated carbocycles. The summed E-state index contributed by atoms with van der Waals surface area (Å²) in [6.07, 6.45) is 2.80. The molecule has 2 aliphatic rings. The molecule has 2 N–H and O–H groups in total. The normalized spacial score (nSPS) is 23.9. The fourth-order valence-electron chi connectivity index (χ4n) is 4.82. The lowest BCUT2D eigenvalue weighted by Gasteiger charge is -2.30. The number of nitrogens with zero attached hydrogens (tertiary/aromatic N) is 2. The van der Waals surface area contributed by atoms with E-state index in [0.29, 0.717) is 23.3 Å². The maximum Gasteiger partial charge on any atom is 0.249 e. The molecule has 1 aliphatic carbocycles. The Balaban J connectivity index is 1.24. The molecule has 33 heavy (non-hydrogen) atoms. The predicted octanol–water partition coefficient (Wildman–Crippen LogP) is 3.77. The van der Waals surface area contributed by atoms with E-state index < -0.39 is 12.0 Å². The summed E-state index contributed by atoms with van der Waals surface area (Å²) >= 11 is 0. The number of hydrogen-bond acceptors (Lipinski definition) is 6. The van der Waals surface area contributed by atoms with Gasteiger partial charge in [0.1, 0.15) is 23.7 Å². The molecule has 2 aromatic carbocycles. The third-order valence-electron chi connectivity index (χ3n) is 6.75. The Kier molecular flexibility index (Phi) is 6.14. The van der Waals surface area contributed by atoms with Crippen molar-refractivity contribution in [2.24, 2.45) is 0 Å². The van der Waals surface area contributed by atoms with Gasteiger partial charge in [0.2, 0.25) is 11.8 Å². The second kappa shape index (κ2) is 9.21. The molecule has 0 spiro atoms. The zero-order valence-corrected chi connectivity index (χ0v) is 18.5. The number of oxazole rings is 1. The number of nitrogens with one attached hydrogen (secondary N) is 1. The second-order valence-corrected chi connectivity index (χ2v) is 8.94. The van der Waals surface area contributed by atoms with E-state index in [4.69, 9.17) is 9.15 Å². The Bertz CT molecular complexity index is 1110. The van der Waals surface area contributed by atoms with Crippen LogP contribution in [0.15, 0.2) is 46.9 Å². The first-order valence-electron chi connectivity index (χ1n) is 11.5. The number of hydrogen-bond donors (Lipinski definition) is 2. The Labute approximate surface area is 191 Å². The topological polar surface area (TPSA) is 87.8 Å². The zero-order chi connectivity index (χ0) is 22.9. The third-order valence-corrected chi connectivity index (χ3v) is 6.75. The average Bonchev–Trinajstić information content (AvgIpc) is 3.58. The van der Waals surface area contributed by atoms with Gasteiger partial charge in [-0.25, -0.2) is 9.37 Å². The molecule has 4 atom stereocenters. The number of carbonyl (C=O) groups is 1. The molecule has 2 fully saturated rings. The van der Waals surface area contributed by atoms with Crippen molar-refractivity contribution in [3.63, 3.8) is 0 Å². The van der Waals surface area contributed by atoms with Crippen LogP contribution in [0.5, 0.6) is 0 Å². The molecule has 174 valence electrons. The van der Waals surface area contributed by atoms with Crippen molar-refractivity contribution in [3.05, 3.63) is 53.8 Å². The molecule has 3 aromatic rings. The molecule has 0 bridgehead atoms. The van der Waals surface area contributed by atoms with Gasteiger partial charge in [0.25, 0.3) is 0 Å². The van der Waals surface area contributed by atoms with Crippen LogP contribution in [0.1, 0.15) is 43.9 Å². The van der Waals surface area contributed by atoms with Crippen LogP contribution < -0.4 is 5.32 Å². The lowest BCUT2D eigenvalue weighted by molar-refractivity contribution is -0.130. The van der Waals surface area contributed by atoms with Crippen LogP contribution in [0.4, 0.5) is 4.39 Å². The first kappa shape index (κ1) is 22.0. The molecule has 0 radical (unpaired) electrons. The maximum absolute atomic E-state index is 14.9. The molecule has 5 rings (SSSR count). The molecule has 8 heteroatoms. The van der Waals surface area contributed by atoms with Crippen molar-refractivity contribution in [1.29, 1.82) is 0 Å². The van der Waals surface area contributed by atoms with Crippen molar-refractivity contribution >= 4 is 17.0 Å². The molecule has 1 saturated heterocycles. The van der Waals surface area contributed by atoms with E-state index in [0.717, 1.165) is 32.1 Å². The van der Waals surface area contributed by atoms with Crippen LogP contribution in [0.2, 0.25) is 0 Å². The van der Waals surface area contributed by atoms with Crippen molar-refractivity contribution in [1.82, 2.24) is 15.2 Å². The van der Waals surface area contributed by atoms with Crippen LogP contribution in [-0.2, 0) is 9.53 Å². The van der Waals surface area contributed by atoms with Crippen molar-refractivity contribution in [2.45, 2.75) is 56.5 Å². The number of ether oxygens (including phenoxy) is 1. The van der Waals surface area contributed by atoms with Gasteiger partial charge >= 0.3 is 0 Å². The van der Waals surface area contributed by atoms with Crippen LogP contribution >= 0.6 is 0 Å². The van der Waals surface area contributed by atoms with Crippen molar-refractivity contribution in [2.75, 3.05) is 13.7 Å². The fraction of sp³-hybridized carbons (Fsp3) is 0.440. The van der Waals surface area contributed by atoms with Crippen LogP contribution in [0.25, 0.3) is 22.6 Å². The van der Waals surface area contributed by atoms with Crippen LogP contribution in [0, 0.1) is 5.82 Å².